The summed E-state index contributed by atoms with van der Waals surface area (Å²) < 4.78 is 15.6. The summed E-state index contributed by atoms with van der Waals surface area (Å²) in [7, 11) is 2.88. The number of cyclic esters (lactones) is 1. The average molecular weight is 401 g/mol. The van der Waals surface area contributed by atoms with E-state index in [1.165, 1.54) is 38.5 Å². The molecule has 1 heterocycles. The smallest absolute Gasteiger partial charge is 0.412 e. The molecule has 2 aromatic carbocycles. The normalized spacial score (nSPS) is 14.1. The maximum atomic E-state index is 12.8. The number of nitro groups is 1. The Morgan fingerprint density at radius 2 is 1.93 bits per heavy atom. The van der Waals surface area contributed by atoms with Gasteiger partial charge in [0.1, 0.15) is 22.8 Å². The summed E-state index contributed by atoms with van der Waals surface area (Å²) in [5.74, 6) is 0.136. The lowest BCUT2D eigenvalue weighted by Gasteiger charge is -2.32. The van der Waals surface area contributed by atoms with Gasteiger partial charge in [0, 0.05) is 17.7 Å². The molecule has 0 radical (unpaired) electrons. The Hall–Kier alpha value is -3.82. The second-order valence-corrected chi connectivity index (χ2v) is 6.72. The van der Waals surface area contributed by atoms with Crippen LogP contribution < -0.4 is 20.1 Å². The van der Waals surface area contributed by atoms with Crippen LogP contribution in [0.5, 0.6) is 11.5 Å². The Morgan fingerprint density at radius 1 is 1.21 bits per heavy atom. The number of hydrogen-bond donors (Lipinski definition) is 2. The Balaban J connectivity index is 2.04. The van der Waals surface area contributed by atoms with Gasteiger partial charge in [0.2, 0.25) is 0 Å². The van der Waals surface area contributed by atoms with Gasteiger partial charge in [-0.2, -0.15) is 0 Å². The number of benzene rings is 2. The van der Waals surface area contributed by atoms with Gasteiger partial charge < -0.3 is 19.5 Å². The first kappa shape index (κ1) is 19.9. The molecular formula is C19H19N3O7. The molecule has 29 heavy (non-hydrogen) atoms. The zero-order valence-corrected chi connectivity index (χ0v) is 16.2. The third-order valence-electron chi connectivity index (χ3n) is 4.47. The van der Waals surface area contributed by atoms with Crippen LogP contribution in [0.3, 0.4) is 0 Å². The number of carbonyl (C=O) groups excluding carboxylic acids is 2. The summed E-state index contributed by atoms with van der Waals surface area (Å²) >= 11 is 0. The predicted octanol–water partition coefficient (Wildman–Crippen LogP) is 3.66. The highest BCUT2D eigenvalue weighted by Gasteiger charge is 2.36. The van der Waals surface area contributed by atoms with Crippen LogP contribution in [0.4, 0.5) is 21.9 Å². The molecule has 0 spiro atoms. The standard InChI is InChI=1S/C19H19N3O7/c1-19(2)12-8-14(15(22(25)26)9-13(12)21-18(24)29-19)20-17(23)11-6-5-10(27-3)7-16(11)28-4/h5-9H,1-4H3,(H,20,23)(H,21,24). The number of ether oxygens (including phenoxy) is 3. The molecule has 0 unspecified atom stereocenters. The van der Waals surface area contributed by atoms with Crippen molar-refractivity contribution < 1.29 is 28.7 Å². The molecule has 1 aliphatic rings. The van der Waals surface area contributed by atoms with E-state index in [1.54, 1.807) is 19.9 Å². The summed E-state index contributed by atoms with van der Waals surface area (Å²) in [6, 6.07) is 7.21. The van der Waals surface area contributed by atoms with Crippen LogP contribution in [-0.4, -0.2) is 31.1 Å². The summed E-state index contributed by atoms with van der Waals surface area (Å²) in [5, 5.41) is 16.5. The van der Waals surface area contributed by atoms with E-state index in [-0.39, 0.29) is 28.4 Å². The number of anilines is 2. The van der Waals surface area contributed by atoms with Gasteiger partial charge >= 0.3 is 6.09 Å². The van der Waals surface area contributed by atoms with Crippen molar-refractivity contribution in [3.8, 4) is 11.5 Å². The molecule has 10 nitrogen and oxygen atoms in total. The zero-order valence-electron chi connectivity index (χ0n) is 16.2. The molecule has 0 saturated heterocycles. The van der Waals surface area contributed by atoms with Gasteiger partial charge in [-0.25, -0.2) is 4.79 Å². The monoisotopic (exact) mass is 401 g/mol. The average Bonchev–Trinajstić information content (AvgIpc) is 2.66. The lowest BCUT2D eigenvalue weighted by Crippen LogP contribution is -2.35. The summed E-state index contributed by atoms with van der Waals surface area (Å²) in [5.41, 5.74) is -0.543. The number of rotatable bonds is 5. The van der Waals surface area contributed by atoms with E-state index >= 15 is 0 Å². The van der Waals surface area contributed by atoms with Gasteiger partial charge in [-0.15, -0.1) is 0 Å². The topological polar surface area (TPSA) is 129 Å². The molecule has 152 valence electrons. The fraction of sp³-hybridized carbons (Fsp3) is 0.263. The van der Waals surface area contributed by atoms with Crippen molar-refractivity contribution in [1.29, 1.82) is 0 Å². The van der Waals surface area contributed by atoms with Gasteiger partial charge in [0.05, 0.1) is 30.4 Å². The highest BCUT2D eigenvalue weighted by Crippen LogP contribution is 2.41. The van der Waals surface area contributed by atoms with Crippen LogP contribution >= 0.6 is 0 Å². The summed E-state index contributed by atoms with van der Waals surface area (Å²) in [6.45, 7) is 3.29. The van der Waals surface area contributed by atoms with Gasteiger partial charge in [0.25, 0.3) is 11.6 Å². The molecule has 2 aromatic rings. The first-order valence-corrected chi connectivity index (χ1v) is 8.52. The quantitative estimate of drug-likeness (QED) is 0.578. The van der Waals surface area contributed by atoms with E-state index in [9.17, 15) is 19.7 Å². The van der Waals surface area contributed by atoms with Crippen molar-refractivity contribution in [1.82, 2.24) is 0 Å². The number of carbonyl (C=O) groups is 2. The van der Waals surface area contributed by atoms with E-state index in [1.807, 2.05) is 0 Å². The highest BCUT2D eigenvalue weighted by molar-refractivity contribution is 6.08. The third kappa shape index (κ3) is 3.77. The number of nitrogens with one attached hydrogen (secondary N) is 2. The SMILES string of the molecule is COc1ccc(C(=O)Nc2cc3c(cc2[N+](=O)[O-])NC(=O)OC3(C)C)c(OC)c1. The molecule has 1 aliphatic heterocycles. The Labute approximate surface area is 165 Å². The number of fused-ring (bicyclic) bond motifs is 1. The number of hydrogen-bond acceptors (Lipinski definition) is 7. The number of amides is 2. The fourth-order valence-electron chi connectivity index (χ4n) is 3.04. The fourth-order valence-corrected chi connectivity index (χ4v) is 3.04. The first-order chi connectivity index (χ1) is 13.7. The van der Waals surface area contributed by atoms with Crippen LogP contribution in [0.15, 0.2) is 30.3 Å². The van der Waals surface area contributed by atoms with Crippen LogP contribution in [0.1, 0.15) is 29.8 Å². The lowest BCUT2D eigenvalue weighted by molar-refractivity contribution is -0.383. The van der Waals surface area contributed by atoms with Crippen molar-refractivity contribution >= 4 is 29.1 Å². The van der Waals surface area contributed by atoms with Crippen LogP contribution in [0.2, 0.25) is 0 Å². The molecule has 3 rings (SSSR count). The van der Waals surface area contributed by atoms with Gasteiger partial charge in [-0.1, -0.05) is 0 Å². The predicted molar refractivity (Wildman–Crippen MR) is 104 cm³/mol. The Kier molecular flexibility index (Phi) is 5.02. The van der Waals surface area contributed by atoms with Crippen molar-refractivity contribution in [2.45, 2.75) is 19.4 Å². The Bertz CT molecular complexity index is 1020. The lowest BCUT2D eigenvalue weighted by atomic mass is 9.93. The van der Waals surface area contributed by atoms with Crippen LogP contribution in [0.25, 0.3) is 0 Å². The maximum Gasteiger partial charge on any atom is 0.412 e. The molecule has 0 bridgehead atoms. The second kappa shape index (κ2) is 7.30. The maximum absolute atomic E-state index is 12.8. The van der Waals surface area contributed by atoms with E-state index in [2.05, 4.69) is 10.6 Å². The van der Waals surface area contributed by atoms with Gasteiger partial charge in [0.15, 0.2) is 0 Å². The number of methoxy groups -OCH3 is 2. The number of nitrogens with zero attached hydrogens (tertiary/aromatic N) is 1. The highest BCUT2D eigenvalue weighted by atomic mass is 16.6. The van der Waals surface area contributed by atoms with Crippen molar-refractivity contribution in [3.63, 3.8) is 0 Å². The minimum Gasteiger partial charge on any atom is -0.497 e. The molecule has 0 aromatic heterocycles. The third-order valence-corrected chi connectivity index (χ3v) is 4.47. The second-order valence-electron chi connectivity index (χ2n) is 6.72. The minimum absolute atomic E-state index is 0.0376. The largest absolute Gasteiger partial charge is 0.497 e. The Morgan fingerprint density at radius 3 is 2.55 bits per heavy atom. The van der Waals surface area contributed by atoms with Gasteiger partial charge in [-0.3, -0.25) is 20.2 Å². The first-order valence-electron chi connectivity index (χ1n) is 8.52. The van der Waals surface area contributed by atoms with Crippen LogP contribution in [0, 0.1) is 10.1 Å². The van der Waals surface area contributed by atoms with E-state index in [0.29, 0.717) is 11.3 Å². The molecule has 0 fully saturated rings. The minimum atomic E-state index is -1.04. The van der Waals surface area contributed by atoms with Crippen molar-refractivity contribution in [2.24, 2.45) is 0 Å². The molecule has 0 aliphatic carbocycles. The molecule has 2 N–H and O–H groups in total. The molecular weight excluding hydrogens is 382 g/mol. The molecule has 2 amide bonds. The zero-order chi connectivity index (χ0) is 21.3. The number of nitro benzene ring substituents is 1. The van der Waals surface area contributed by atoms with E-state index in [4.69, 9.17) is 14.2 Å². The molecule has 10 heteroatoms. The van der Waals surface area contributed by atoms with Crippen molar-refractivity contribution in [2.75, 3.05) is 24.9 Å². The molecule has 0 saturated carbocycles. The van der Waals surface area contributed by atoms with Crippen molar-refractivity contribution in [3.05, 3.63) is 51.6 Å². The van der Waals surface area contributed by atoms with E-state index < -0.39 is 22.5 Å². The van der Waals surface area contributed by atoms with Crippen LogP contribution in [-0.2, 0) is 10.3 Å². The van der Waals surface area contributed by atoms with Gasteiger partial charge in [-0.05, 0) is 32.0 Å². The van der Waals surface area contributed by atoms with E-state index in [0.717, 1.165) is 0 Å². The summed E-state index contributed by atoms with van der Waals surface area (Å²) in [6.07, 6.45) is -0.712. The summed E-state index contributed by atoms with van der Waals surface area (Å²) in [4.78, 5) is 35.4. The molecule has 0 atom stereocenters.